The van der Waals surface area contributed by atoms with Crippen LogP contribution < -0.4 is 0 Å². The third kappa shape index (κ3) is 1.90. The lowest BCUT2D eigenvalue weighted by Gasteiger charge is -2.44. The molecule has 0 aromatic carbocycles. The maximum absolute atomic E-state index is 9.83. The zero-order valence-electron chi connectivity index (χ0n) is 8.09. The molecule has 0 heterocycles. The van der Waals surface area contributed by atoms with Crippen LogP contribution in [0.3, 0.4) is 0 Å². The Labute approximate surface area is 82.1 Å². The van der Waals surface area contributed by atoms with Crippen LogP contribution in [0.2, 0.25) is 0 Å². The van der Waals surface area contributed by atoms with Crippen molar-refractivity contribution < 1.29 is 30.6 Å². The van der Waals surface area contributed by atoms with Crippen molar-refractivity contribution in [3.63, 3.8) is 0 Å². The zero-order chi connectivity index (χ0) is 11.4. The quantitative estimate of drug-likeness (QED) is 0.267. The molecule has 0 saturated heterocycles. The van der Waals surface area contributed by atoms with E-state index in [0.717, 1.165) is 0 Å². The van der Waals surface area contributed by atoms with Crippen LogP contribution in [-0.4, -0.2) is 62.4 Å². The molecule has 0 radical (unpaired) electrons. The van der Waals surface area contributed by atoms with Crippen molar-refractivity contribution >= 4 is 0 Å². The van der Waals surface area contributed by atoms with Gasteiger partial charge in [0.05, 0.1) is 25.2 Å². The Morgan fingerprint density at radius 2 is 1.36 bits per heavy atom. The van der Waals surface area contributed by atoms with Crippen LogP contribution in [0.1, 0.15) is 13.3 Å². The van der Waals surface area contributed by atoms with Gasteiger partial charge in [0, 0.05) is 0 Å². The van der Waals surface area contributed by atoms with Gasteiger partial charge in [-0.2, -0.15) is 0 Å². The Kier molecular flexibility index (Phi) is 4.93. The van der Waals surface area contributed by atoms with Crippen LogP contribution in [0.25, 0.3) is 0 Å². The summed E-state index contributed by atoms with van der Waals surface area (Å²) in [4.78, 5) is 0. The molecule has 6 heteroatoms. The van der Waals surface area contributed by atoms with E-state index >= 15 is 0 Å². The molecule has 0 amide bonds. The average Bonchev–Trinajstić information content (AvgIpc) is 2.20. The summed E-state index contributed by atoms with van der Waals surface area (Å²) in [5, 5.41) is 54.7. The van der Waals surface area contributed by atoms with Gasteiger partial charge in [-0.3, -0.25) is 0 Å². The fourth-order valence-corrected chi connectivity index (χ4v) is 1.39. The highest BCUT2D eigenvalue weighted by atomic mass is 16.5. The van der Waals surface area contributed by atoms with Crippen LogP contribution >= 0.6 is 0 Å². The highest BCUT2D eigenvalue weighted by molar-refractivity contribution is 4.99. The fourth-order valence-electron chi connectivity index (χ4n) is 1.39. The minimum absolute atomic E-state index is 0.119. The standard InChI is InChI=1S/C8H18O6/c1-2-8(14,6(12)13)7(3-9,4-10)5-11/h6,9-14H,2-5H2,1H3. The van der Waals surface area contributed by atoms with Gasteiger partial charge in [-0.15, -0.1) is 0 Å². The molecule has 6 N–H and O–H groups in total. The normalized spacial score (nSPS) is 17.1. The maximum Gasteiger partial charge on any atom is 0.181 e. The third-order valence-electron chi connectivity index (χ3n) is 2.79. The minimum Gasteiger partial charge on any atom is -0.395 e. The largest absolute Gasteiger partial charge is 0.395 e. The van der Waals surface area contributed by atoms with Crippen LogP contribution in [0.15, 0.2) is 0 Å². The minimum atomic E-state index is -2.14. The fraction of sp³-hybridized carbons (Fsp3) is 1.00. The van der Waals surface area contributed by atoms with Gasteiger partial charge in [0.25, 0.3) is 0 Å². The molecular formula is C8H18O6. The molecule has 86 valence electrons. The molecule has 0 fully saturated rings. The summed E-state index contributed by atoms with van der Waals surface area (Å²) in [6.45, 7) is -0.791. The number of aliphatic hydroxyl groups excluding tert-OH is 4. The molecule has 0 spiro atoms. The smallest absolute Gasteiger partial charge is 0.181 e. The second-order valence-corrected chi connectivity index (χ2v) is 3.41. The Morgan fingerprint density at radius 3 is 1.43 bits per heavy atom. The van der Waals surface area contributed by atoms with Gasteiger partial charge in [-0.05, 0) is 6.42 Å². The van der Waals surface area contributed by atoms with E-state index in [1.807, 2.05) is 0 Å². The van der Waals surface area contributed by atoms with E-state index in [9.17, 15) is 5.11 Å². The predicted octanol–water partition coefficient (Wildman–Crippen LogP) is -2.60. The summed E-state index contributed by atoms with van der Waals surface area (Å²) in [5.41, 5.74) is -3.86. The summed E-state index contributed by atoms with van der Waals surface area (Å²) < 4.78 is 0. The van der Waals surface area contributed by atoms with Crippen molar-refractivity contribution in [3.8, 4) is 0 Å². The Bertz CT molecular complexity index is 152. The number of hydrogen-bond donors (Lipinski definition) is 6. The Morgan fingerprint density at radius 1 is 1.00 bits per heavy atom. The van der Waals surface area contributed by atoms with E-state index < -0.39 is 37.1 Å². The first-order valence-corrected chi connectivity index (χ1v) is 4.35. The summed E-state index contributed by atoms with van der Waals surface area (Å²) in [5.74, 6) is 0. The van der Waals surface area contributed by atoms with E-state index in [2.05, 4.69) is 0 Å². The van der Waals surface area contributed by atoms with E-state index in [-0.39, 0.29) is 6.42 Å². The second kappa shape index (κ2) is 5.01. The molecule has 0 saturated carbocycles. The molecule has 0 aromatic heterocycles. The van der Waals surface area contributed by atoms with Crippen molar-refractivity contribution in [1.29, 1.82) is 0 Å². The van der Waals surface area contributed by atoms with Crippen LogP contribution in [0, 0.1) is 5.41 Å². The molecule has 0 aliphatic carbocycles. The first-order valence-electron chi connectivity index (χ1n) is 4.35. The van der Waals surface area contributed by atoms with Crippen molar-refractivity contribution in [3.05, 3.63) is 0 Å². The van der Waals surface area contributed by atoms with Gasteiger partial charge in [-0.25, -0.2) is 0 Å². The number of hydrogen-bond acceptors (Lipinski definition) is 6. The summed E-state index contributed by atoms with van der Waals surface area (Å²) in [7, 11) is 0. The molecular weight excluding hydrogens is 192 g/mol. The molecule has 0 aliphatic rings. The molecule has 14 heavy (non-hydrogen) atoms. The van der Waals surface area contributed by atoms with Gasteiger partial charge in [-0.1, -0.05) is 6.92 Å². The Hall–Kier alpha value is -0.240. The lowest BCUT2D eigenvalue weighted by molar-refractivity contribution is -0.262. The predicted molar refractivity (Wildman–Crippen MR) is 47.2 cm³/mol. The average molecular weight is 210 g/mol. The second-order valence-electron chi connectivity index (χ2n) is 3.41. The van der Waals surface area contributed by atoms with Crippen molar-refractivity contribution in [2.45, 2.75) is 25.2 Å². The first kappa shape index (κ1) is 13.8. The number of aliphatic hydroxyl groups is 6. The van der Waals surface area contributed by atoms with E-state index in [0.29, 0.717) is 0 Å². The lowest BCUT2D eigenvalue weighted by atomic mass is 9.71. The SMILES string of the molecule is CCC(O)(C(O)O)C(CO)(CO)CO. The summed E-state index contributed by atoms with van der Waals surface area (Å²) >= 11 is 0. The van der Waals surface area contributed by atoms with Crippen LogP contribution in [-0.2, 0) is 0 Å². The monoisotopic (exact) mass is 210 g/mol. The highest BCUT2D eigenvalue weighted by Crippen LogP contribution is 2.35. The van der Waals surface area contributed by atoms with Gasteiger partial charge in [0.15, 0.2) is 6.29 Å². The van der Waals surface area contributed by atoms with Gasteiger partial charge >= 0.3 is 0 Å². The van der Waals surface area contributed by atoms with Gasteiger partial charge < -0.3 is 30.6 Å². The van der Waals surface area contributed by atoms with Gasteiger partial charge in [0.1, 0.15) is 5.60 Å². The summed E-state index contributed by atoms with van der Waals surface area (Å²) in [6, 6.07) is 0. The maximum atomic E-state index is 9.83. The third-order valence-corrected chi connectivity index (χ3v) is 2.79. The molecule has 1 atom stereocenters. The molecule has 0 rings (SSSR count). The molecule has 0 bridgehead atoms. The van der Waals surface area contributed by atoms with E-state index in [4.69, 9.17) is 25.5 Å². The molecule has 0 aliphatic heterocycles. The van der Waals surface area contributed by atoms with E-state index in [1.54, 1.807) is 0 Å². The van der Waals surface area contributed by atoms with Gasteiger partial charge in [0.2, 0.25) is 0 Å². The van der Waals surface area contributed by atoms with Crippen LogP contribution in [0.4, 0.5) is 0 Å². The van der Waals surface area contributed by atoms with E-state index in [1.165, 1.54) is 6.92 Å². The molecule has 6 nitrogen and oxygen atoms in total. The molecule has 1 unspecified atom stereocenters. The summed E-state index contributed by atoms with van der Waals surface area (Å²) in [6.07, 6.45) is -2.26. The van der Waals surface area contributed by atoms with Crippen molar-refractivity contribution in [2.75, 3.05) is 19.8 Å². The van der Waals surface area contributed by atoms with Crippen molar-refractivity contribution in [2.24, 2.45) is 5.41 Å². The highest BCUT2D eigenvalue weighted by Gasteiger charge is 2.52. The Balaban J connectivity index is 5.11. The first-order chi connectivity index (χ1) is 6.44. The molecule has 0 aromatic rings. The van der Waals surface area contributed by atoms with Crippen molar-refractivity contribution in [1.82, 2.24) is 0 Å². The van der Waals surface area contributed by atoms with Crippen LogP contribution in [0.5, 0.6) is 0 Å². The zero-order valence-corrected chi connectivity index (χ0v) is 8.09. The number of rotatable bonds is 6. The lowest BCUT2D eigenvalue weighted by Crippen LogP contribution is -2.61. The topological polar surface area (TPSA) is 121 Å².